The number of carbonyl (C=O) groups is 1. The summed E-state index contributed by atoms with van der Waals surface area (Å²) in [5.74, 6) is -0.749. The third-order valence-electron chi connectivity index (χ3n) is 2.58. The number of non-ortho nitro benzene ring substituents is 1. The fourth-order valence-electron chi connectivity index (χ4n) is 1.60. The molecule has 0 unspecified atom stereocenters. The molecule has 0 fully saturated rings. The summed E-state index contributed by atoms with van der Waals surface area (Å²) in [6, 6.07) is 5.09. The third-order valence-corrected chi connectivity index (χ3v) is 3.14. The molecule has 0 bridgehead atoms. The van der Waals surface area contributed by atoms with Crippen LogP contribution in [-0.4, -0.2) is 25.4 Å². The van der Waals surface area contributed by atoms with Crippen molar-refractivity contribution in [3.63, 3.8) is 0 Å². The zero-order chi connectivity index (χ0) is 15.6. The molecule has 1 heterocycles. The number of carbonyl (C=O) groups excluding carboxylic acids is 1. The molecule has 0 aliphatic rings. The molecule has 21 heavy (non-hydrogen) atoms. The van der Waals surface area contributed by atoms with Crippen molar-refractivity contribution in [2.24, 2.45) is 0 Å². The standard InChI is InChI=1S/C11H7BrN4O5/c12-9-5-14(13-11(9)16(20)21)6-10(17)7-1-3-8(4-2-7)15(18)19/h1-5H,6H2. The Hall–Kier alpha value is -2.62. The Kier molecular flexibility index (Phi) is 4.08. The summed E-state index contributed by atoms with van der Waals surface area (Å²) < 4.78 is 1.30. The zero-order valence-corrected chi connectivity index (χ0v) is 11.9. The van der Waals surface area contributed by atoms with Crippen molar-refractivity contribution >= 4 is 33.2 Å². The van der Waals surface area contributed by atoms with E-state index in [-0.39, 0.29) is 33.9 Å². The Morgan fingerprint density at radius 1 is 1.19 bits per heavy atom. The van der Waals surface area contributed by atoms with Gasteiger partial charge < -0.3 is 10.1 Å². The lowest BCUT2D eigenvalue weighted by Crippen LogP contribution is -2.11. The van der Waals surface area contributed by atoms with Gasteiger partial charge in [0.25, 0.3) is 5.69 Å². The topological polar surface area (TPSA) is 121 Å². The van der Waals surface area contributed by atoms with Crippen LogP contribution in [0, 0.1) is 20.2 Å². The molecule has 10 heteroatoms. The number of nitro groups is 2. The van der Waals surface area contributed by atoms with Crippen LogP contribution in [0.25, 0.3) is 0 Å². The highest BCUT2D eigenvalue weighted by Crippen LogP contribution is 2.22. The Balaban J connectivity index is 2.16. The Bertz CT molecular complexity index is 725. The second kappa shape index (κ2) is 5.79. The number of hydrogen-bond acceptors (Lipinski definition) is 6. The number of rotatable bonds is 5. The van der Waals surface area contributed by atoms with Crippen LogP contribution in [0.5, 0.6) is 0 Å². The number of Topliss-reactive ketones (excluding diaryl/α,β-unsaturated/α-hetero) is 1. The Morgan fingerprint density at radius 2 is 1.81 bits per heavy atom. The number of nitro benzene ring substituents is 1. The molecule has 0 spiro atoms. The lowest BCUT2D eigenvalue weighted by Gasteiger charge is -1.98. The molecule has 1 aromatic heterocycles. The number of ketones is 1. The molecule has 0 atom stereocenters. The van der Waals surface area contributed by atoms with E-state index in [4.69, 9.17) is 0 Å². The largest absolute Gasteiger partial charge is 0.404 e. The van der Waals surface area contributed by atoms with Gasteiger partial charge in [0, 0.05) is 17.7 Å². The lowest BCUT2D eigenvalue weighted by molar-refractivity contribution is -0.390. The first kappa shape index (κ1) is 14.8. The van der Waals surface area contributed by atoms with E-state index in [1.54, 1.807) is 0 Å². The number of hydrogen-bond donors (Lipinski definition) is 0. The molecule has 0 radical (unpaired) electrons. The molecule has 9 nitrogen and oxygen atoms in total. The first-order chi connectivity index (χ1) is 9.88. The average molecular weight is 355 g/mol. The smallest absolute Gasteiger partial charge is 0.358 e. The van der Waals surface area contributed by atoms with Crippen LogP contribution < -0.4 is 0 Å². The molecule has 108 valence electrons. The van der Waals surface area contributed by atoms with Crippen LogP contribution in [0.2, 0.25) is 0 Å². The van der Waals surface area contributed by atoms with Gasteiger partial charge in [-0.05, 0) is 33.0 Å². The maximum atomic E-state index is 12.0. The number of halogens is 1. The summed E-state index contributed by atoms with van der Waals surface area (Å²) in [6.45, 7) is -0.204. The maximum absolute atomic E-state index is 12.0. The predicted octanol–water partition coefficient (Wildman–Crippen LogP) is 2.34. The summed E-state index contributed by atoms with van der Waals surface area (Å²) in [6.07, 6.45) is 1.32. The summed E-state index contributed by atoms with van der Waals surface area (Å²) in [7, 11) is 0. The second-order valence-corrected chi connectivity index (χ2v) is 4.84. The first-order valence-corrected chi connectivity index (χ1v) is 6.33. The third kappa shape index (κ3) is 3.28. The van der Waals surface area contributed by atoms with E-state index < -0.39 is 9.85 Å². The van der Waals surface area contributed by atoms with Gasteiger partial charge in [-0.25, -0.2) is 0 Å². The molecule has 0 saturated heterocycles. The van der Waals surface area contributed by atoms with Gasteiger partial charge in [0.2, 0.25) is 0 Å². The van der Waals surface area contributed by atoms with E-state index >= 15 is 0 Å². The number of nitrogens with zero attached hydrogens (tertiary/aromatic N) is 4. The quantitative estimate of drug-likeness (QED) is 0.461. The van der Waals surface area contributed by atoms with Crippen molar-refractivity contribution in [3.05, 3.63) is 60.7 Å². The minimum absolute atomic E-state index is 0.121. The molecule has 2 aromatic rings. The molecule has 1 aromatic carbocycles. The van der Waals surface area contributed by atoms with Crippen molar-refractivity contribution in [2.45, 2.75) is 6.54 Å². The molecule has 0 N–H and O–H groups in total. The van der Waals surface area contributed by atoms with Crippen molar-refractivity contribution in [3.8, 4) is 0 Å². The monoisotopic (exact) mass is 354 g/mol. The van der Waals surface area contributed by atoms with E-state index in [1.165, 1.54) is 30.5 Å². The van der Waals surface area contributed by atoms with Crippen molar-refractivity contribution < 1.29 is 14.6 Å². The normalized spacial score (nSPS) is 10.3. The Morgan fingerprint density at radius 3 is 2.29 bits per heavy atom. The van der Waals surface area contributed by atoms with E-state index in [0.29, 0.717) is 0 Å². The molecule has 0 aliphatic heterocycles. The van der Waals surface area contributed by atoms with Gasteiger partial charge in [0.05, 0.1) is 16.2 Å². The van der Waals surface area contributed by atoms with Crippen LogP contribution in [0.3, 0.4) is 0 Å². The zero-order valence-electron chi connectivity index (χ0n) is 10.3. The van der Waals surface area contributed by atoms with Gasteiger partial charge in [-0.2, -0.15) is 4.68 Å². The van der Waals surface area contributed by atoms with Crippen LogP contribution >= 0.6 is 15.9 Å². The minimum atomic E-state index is -0.670. The highest BCUT2D eigenvalue weighted by molar-refractivity contribution is 9.10. The fraction of sp³-hybridized carbons (Fsp3) is 0.0909. The summed E-state index contributed by atoms with van der Waals surface area (Å²) >= 11 is 2.98. The molecule has 0 saturated carbocycles. The van der Waals surface area contributed by atoms with E-state index in [2.05, 4.69) is 21.0 Å². The van der Waals surface area contributed by atoms with Gasteiger partial charge in [-0.3, -0.25) is 14.9 Å². The summed E-state index contributed by atoms with van der Waals surface area (Å²) in [5, 5.41) is 24.8. The molecule has 0 amide bonds. The van der Waals surface area contributed by atoms with Crippen molar-refractivity contribution in [2.75, 3.05) is 0 Å². The molecular weight excluding hydrogens is 348 g/mol. The van der Waals surface area contributed by atoms with Crippen LogP contribution in [0.4, 0.5) is 11.5 Å². The van der Waals surface area contributed by atoms with Crippen molar-refractivity contribution in [1.29, 1.82) is 0 Å². The summed E-state index contributed by atoms with van der Waals surface area (Å²) in [5.41, 5.74) is 0.138. The maximum Gasteiger partial charge on any atom is 0.404 e. The Labute approximate surface area is 125 Å². The fourth-order valence-corrected chi connectivity index (χ4v) is 2.06. The minimum Gasteiger partial charge on any atom is -0.358 e. The molecule has 2 rings (SSSR count). The first-order valence-electron chi connectivity index (χ1n) is 5.53. The van der Waals surface area contributed by atoms with Gasteiger partial charge in [0.15, 0.2) is 5.78 Å². The molecule has 0 aliphatic carbocycles. The number of benzene rings is 1. The van der Waals surface area contributed by atoms with Crippen LogP contribution in [0.1, 0.15) is 10.4 Å². The SMILES string of the molecule is O=C(Cn1cc(Br)c([N+](=O)[O-])n1)c1ccc([N+](=O)[O-])cc1. The predicted molar refractivity (Wildman–Crippen MR) is 74.0 cm³/mol. The van der Waals surface area contributed by atoms with E-state index in [0.717, 1.165) is 4.68 Å². The molecular formula is C11H7BrN4O5. The van der Waals surface area contributed by atoms with E-state index in [1.807, 2.05) is 0 Å². The van der Waals surface area contributed by atoms with E-state index in [9.17, 15) is 25.0 Å². The second-order valence-electron chi connectivity index (χ2n) is 3.98. The van der Waals surface area contributed by atoms with Crippen LogP contribution in [0.15, 0.2) is 34.9 Å². The van der Waals surface area contributed by atoms with Gasteiger partial charge in [-0.15, -0.1) is 0 Å². The van der Waals surface area contributed by atoms with Crippen molar-refractivity contribution in [1.82, 2.24) is 9.78 Å². The van der Waals surface area contributed by atoms with Gasteiger partial charge in [0.1, 0.15) is 11.0 Å². The van der Waals surface area contributed by atoms with Crippen LogP contribution in [-0.2, 0) is 6.54 Å². The highest BCUT2D eigenvalue weighted by Gasteiger charge is 2.20. The lowest BCUT2D eigenvalue weighted by atomic mass is 10.1. The average Bonchev–Trinajstić information content (AvgIpc) is 2.79. The number of aromatic nitrogens is 2. The summed E-state index contributed by atoms with van der Waals surface area (Å²) in [4.78, 5) is 31.9. The van der Waals surface area contributed by atoms with Gasteiger partial charge >= 0.3 is 5.82 Å². The highest BCUT2D eigenvalue weighted by atomic mass is 79.9. The van der Waals surface area contributed by atoms with Gasteiger partial charge in [-0.1, -0.05) is 0 Å².